The van der Waals surface area contributed by atoms with E-state index in [1.54, 1.807) is 0 Å². The summed E-state index contributed by atoms with van der Waals surface area (Å²) >= 11 is 0. The largest absolute Gasteiger partial charge is 2.00 e. The van der Waals surface area contributed by atoms with Gasteiger partial charge in [0.1, 0.15) is 0 Å². The Morgan fingerprint density at radius 3 is 0.533 bits per heavy atom. The maximum absolute atomic E-state index is 8.55. The van der Waals surface area contributed by atoms with E-state index in [4.69, 9.17) is 38.5 Å². The van der Waals surface area contributed by atoms with Crippen LogP contribution in [0.15, 0.2) is 0 Å². The topological polar surface area (TPSA) is 172 Å². The van der Waals surface area contributed by atoms with E-state index in [9.17, 15) is 0 Å². The minimum absolute atomic E-state index is 0. The van der Waals surface area contributed by atoms with Gasteiger partial charge in [0.05, 0.1) is 0 Å². The van der Waals surface area contributed by atoms with E-state index in [0.717, 1.165) is 0 Å². The SMILES string of the molecule is O=P([O-])([O-])[O-].O=P([O-])([O-])[O-].[Ca+2].[Ca+2].[Ca+2].[Ca+2].[Ca+2].[H-].[H-].[H-].[H-]. The molecule has 0 aliphatic rings. The number of hydrogen-bond acceptors (Lipinski definition) is 8. The first-order valence-electron chi connectivity index (χ1n) is 1.46. The van der Waals surface area contributed by atoms with Gasteiger partial charge in [-0.2, -0.15) is 15.6 Å². The van der Waals surface area contributed by atoms with E-state index in [1.807, 2.05) is 0 Å². The van der Waals surface area contributed by atoms with Crippen molar-refractivity contribution in [2.45, 2.75) is 0 Å². The van der Waals surface area contributed by atoms with E-state index in [1.165, 1.54) is 0 Å². The molecule has 8 nitrogen and oxygen atoms in total. The summed E-state index contributed by atoms with van der Waals surface area (Å²) in [5.74, 6) is 0. The molecule has 0 atom stereocenters. The van der Waals surface area contributed by atoms with E-state index in [2.05, 4.69) is 0 Å². The average Bonchev–Trinajstić information content (AvgIpc) is 1.12. The molecule has 0 aromatic heterocycles. The summed E-state index contributed by atoms with van der Waals surface area (Å²) in [5.41, 5.74) is 0. The molecular formula is H4Ca5O8P2. The van der Waals surface area contributed by atoms with Crippen molar-refractivity contribution in [3.05, 3.63) is 0 Å². The second-order valence-electron chi connectivity index (χ2n) is 0.894. The third-order valence-electron chi connectivity index (χ3n) is 0. The number of hydrogen-bond donors (Lipinski definition) is 0. The van der Waals surface area contributed by atoms with Crippen LogP contribution in [0.2, 0.25) is 0 Å². The standard InChI is InChI=1S/5Ca.2H3O4P.4H/c;;;;;2*1-5(2,3)4;;;;/h;;;;;2*(H3,1,2,3,4);;;;/q5*+2;;;4*-1/p-6. The van der Waals surface area contributed by atoms with Crippen molar-refractivity contribution in [1.29, 1.82) is 0 Å². The number of rotatable bonds is 0. The molecule has 15 heteroatoms. The van der Waals surface area contributed by atoms with Gasteiger partial charge >= 0.3 is 189 Å². The summed E-state index contributed by atoms with van der Waals surface area (Å²) in [4.78, 5) is 51.3. The monoisotopic (exact) mass is 394 g/mol. The van der Waals surface area contributed by atoms with Crippen LogP contribution < -0.4 is 29.4 Å². The third kappa shape index (κ3) is 166. The van der Waals surface area contributed by atoms with Crippen molar-refractivity contribution in [3.8, 4) is 0 Å². The first kappa shape index (κ1) is 43.0. The van der Waals surface area contributed by atoms with Gasteiger partial charge in [0.15, 0.2) is 0 Å². The zero-order valence-corrected chi connectivity index (χ0v) is 20.5. The van der Waals surface area contributed by atoms with Gasteiger partial charge in [0, 0.05) is 0 Å². The summed E-state index contributed by atoms with van der Waals surface area (Å²) in [5, 5.41) is 0. The molecule has 0 aromatic rings. The van der Waals surface area contributed by atoms with E-state index in [-0.39, 0.29) is 194 Å². The van der Waals surface area contributed by atoms with Crippen molar-refractivity contribution in [2.24, 2.45) is 0 Å². The van der Waals surface area contributed by atoms with Crippen LogP contribution in [0.3, 0.4) is 0 Å². The quantitative estimate of drug-likeness (QED) is 0.288. The summed E-state index contributed by atoms with van der Waals surface area (Å²) in [6.45, 7) is 0. The minimum atomic E-state index is -5.39. The Morgan fingerprint density at radius 2 is 0.533 bits per heavy atom. The van der Waals surface area contributed by atoms with Crippen molar-refractivity contribution in [3.63, 3.8) is 0 Å². The molecule has 0 heterocycles. The van der Waals surface area contributed by atoms with Crippen LogP contribution in [0.1, 0.15) is 5.71 Å². The Balaban J connectivity index is -0.00000000508. The van der Waals surface area contributed by atoms with Crippen LogP contribution in [0.4, 0.5) is 0 Å². The maximum Gasteiger partial charge on any atom is 2.00 e. The van der Waals surface area contributed by atoms with Crippen molar-refractivity contribution in [1.82, 2.24) is 0 Å². The molecule has 0 aromatic carbocycles. The van der Waals surface area contributed by atoms with Crippen LogP contribution in [0, 0.1) is 0 Å². The predicted octanol–water partition coefficient (Wildman–Crippen LogP) is -7.10. The summed E-state index contributed by atoms with van der Waals surface area (Å²) in [6, 6.07) is 0. The summed E-state index contributed by atoms with van der Waals surface area (Å²) in [7, 11) is -10.8. The van der Waals surface area contributed by atoms with Crippen LogP contribution in [0.5, 0.6) is 0 Å². The molecule has 0 fully saturated rings. The molecule has 0 saturated heterocycles. The average molecular weight is 394 g/mol. The van der Waals surface area contributed by atoms with Crippen LogP contribution in [-0.2, 0) is 9.13 Å². The first-order valence-corrected chi connectivity index (χ1v) is 4.38. The molecule has 0 spiro atoms. The maximum atomic E-state index is 8.55. The van der Waals surface area contributed by atoms with E-state index in [0.29, 0.717) is 0 Å². The van der Waals surface area contributed by atoms with Crippen molar-refractivity contribution < 1.29 is 44.2 Å². The fourth-order valence-corrected chi connectivity index (χ4v) is 0. The second-order valence-corrected chi connectivity index (χ2v) is 2.68. The molecule has 0 unspecified atom stereocenters. The Hall–Kier alpha value is 6.52. The molecule has 0 amide bonds. The minimum Gasteiger partial charge on any atom is -1.00 e. The molecule has 0 saturated carbocycles. The molecular weight excluding hydrogens is 390 g/mol. The normalized spacial score (nSPS) is 7.87. The Kier molecular flexibility index (Phi) is 65.3. The first-order chi connectivity index (χ1) is 4.00. The van der Waals surface area contributed by atoms with Crippen LogP contribution >= 0.6 is 15.6 Å². The molecule has 0 bridgehead atoms. The summed E-state index contributed by atoms with van der Waals surface area (Å²) in [6.07, 6.45) is 0. The van der Waals surface area contributed by atoms with Gasteiger partial charge in [-0.3, -0.25) is 0 Å². The third-order valence-corrected chi connectivity index (χ3v) is 0. The van der Waals surface area contributed by atoms with Gasteiger partial charge in [-0.15, -0.1) is 0 Å². The second kappa shape index (κ2) is 22.8. The Morgan fingerprint density at radius 1 is 0.533 bits per heavy atom. The Bertz CT molecular complexity index is 147. The van der Waals surface area contributed by atoms with Gasteiger partial charge in [0.25, 0.3) is 0 Å². The van der Waals surface area contributed by atoms with Gasteiger partial charge in [-0.25, -0.2) is 0 Å². The molecule has 0 N–H and O–H groups in total. The molecule has 0 radical (unpaired) electrons. The van der Waals surface area contributed by atoms with Crippen LogP contribution in [-0.4, -0.2) is 189 Å². The van der Waals surface area contributed by atoms with Gasteiger partial charge < -0.3 is 44.2 Å². The molecule has 0 aliphatic heterocycles. The number of phosphoric acid groups is 2. The predicted molar refractivity (Wildman–Crippen MR) is 48.4 cm³/mol. The van der Waals surface area contributed by atoms with Crippen molar-refractivity contribution >= 4 is 204 Å². The van der Waals surface area contributed by atoms with E-state index >= 15 is 0 Å². The zero-order valence-electron chi connectivity index (χ0n) is 11.7. The fraction of sp³-hybridized carbons (Fsp3) is 0. The van der Waals surface area contributed by atoms with Gasteiger partial charge in [0.2, 0.25) is 0 Å². The molecule has 72 valence electrons. The fourth-order valence-electron chi connectivity index (χ4n) is 0. The molecule has 0 rings (SSSR count). The van der Waals surface area contributed by atoms with Gasteiger partial charge in [-0.05, 0) is 0 Å². The van der Waals surface area contributed by atoms with Crippen molar-refractivity contribution in [2.75, 3.05) is 0 Å². The summed E-state index contributed by atoms with van der Waals surface area (Å²) < 4.78 is 17.1. The van der Waals surface area contributed by atoms with Gasteiger partial charge in [-0.1, -0.05) is 0 Å². The smallest absolute Gasteiger partial charge is 1.00 e. The molecule has 0 aliphatic carbocycles. The van der Waals surface area contributed by atoms with E-state index < -0.39 is 15.6 Å². The Labute approximate surface area is 242 Å². The zero-order chi connectivity index (χ0) is 9.00. The molecule has 15 heavy (non-hydrogen) atoms. The van der Waals surface area contributed by atoms with Crippen LogP contribution in [0.25, 0.3) is 0 Å².